The first kappa shape index (κ1) is 19.6. The molecule has 2 amide bonds. The molecule has 1 saturated heterocycles. The number of hydrogen-bond donors (Lipinski definition) is 1. The summed E-state index contributed by atoms with van der Waals surface area (Å²) in [6.45, 7) is 3.78. The van der Waals surface area contributed by atoms with Crippen molar-refractivity contribution in [2.45, 2.75) is 39.0 Å². The Morgan fingerprint density at radius 2 is 1.97 bits per heavy atom. The van der Waals surface area contributed by atoms with Crippen molar-refractivity contribution in [3.8, 4) is 11.1 Å². The molecule has 6 nitrogen and oxygen atoms in total. The Labute approximate surface area is 171 Å². The first-order chi connectivity index (χ1) is 14.1. The Bertz CT molecular complexity index is 881. The highest BCUT2D eigenvalue weighted by Gasteiger charge is 2.45. The van der Waals surface area contributed by atoms with E-state index in [1.54, 1.807) is 12.4 Å². The molecule has 1 atom stereocenters. The summed E-state index contributed by atoms with van der Waals surface area (Å²) in [6.07, 6.45) is 9.33. The topological polar surface area (TPSA) is 75.2 Å². The molecule has 0 unspecified atom stereocenters. The zero-order valence-corrected chi connectivity index (χ0v) is 16.9. The van der Waals surface area contributed by atoms with Crippen LogP contribution in [0, 0.1) is 11.3 Å². The summed E-state index contributed by atoms with van der Waals surface area (Å²) >= 11 is 0. The van der Waals surface area contributed by atoms with Gasteiger partial charge in [0, 0.05) is 43.5 Å². The number of likely N-dealkylation sites (tertiary alicyclic amines) is 1. The van der Waals surface area contributed by atoms with Crippen LogP contribution in [0.2, 0.25) is 0 Å². The zero-order valence-electron chi connectivity index (χ0n) is 16.9. The lowest BCUT2D eigenvalue weighted by Crippen LogP contribution is -2.54. The van der Waals surface area contributed by atoms with Crippen molar-refractivity contribution >= 4 is 11.8 Å². The molecule has 0 radical (unpaired) electrons. The highest BCUT2D eigenvalue weighted by Crippen LogP contribution is 2.39. The summed E-state index contributed by atoms with van der Waals surface area (Å²) in [6, 6.07) is 8.12. The van der Waals surface area contributed by atoms with Crippen molar-refractivity contribution in [2.24, 2.45) is 11.3 Å². The van der Waals surface area contributed by atoms with Gasteiger partial charge in [-0.15, -0.1) is 0 Å². The van der Waals surface area contributed by atoms with Gasteiger partial charge in [0.25, 0.3) is 0 Å². The smallest absolute Gasteiger partial charge is 0.228 e. The quantitative estimate of drug-likeness (QED) is 0.820. The summed E-state index contributed by atoms with van der Waals surface area (Å²) < 4.78 is 0. The van der Waals surface area contributed by atoms with Gasteiger partial charge in [-0.05, 0) is 50.2 Å². The van der Waals surface area contributed by atoms with Crippen LogP contribution in [0.1, 0.15) is 38.2 Å². The van der Waals surface area contributed by atoms with Crippen molar-refractivity contribution in [1.82, 2.24) is 20.2 Å². The molecule has 1 saturated carbocycles. The second-order valence-electron chi connectivity index (χ2n) is 8.24. The van der Waals surface area contributed by atoms with Crippen molar-refractivity contribution in [1.29, 1.82) is 0 Å². The Kier molecular flexibility index (Phi) is 5.60. The van der Waals surface area contributed by atoms with E-state index in [-0.39, 0.29) is 17.7 Å². The Morgan fingerprint density at radius 3 is 2.69 bits per heavy atom. The predicted octanol–water partition coefficient (Wildman–Crippen LogP) is 2.84. The van der Waals surface area contributed by atoms with Gasteiger partial charge in [-0.1, -0.05) is 24.3 Å². The minimum Gasteiger partial charge on any atom is -0.356 e. The molecule has 1 aromatic carbocycles. The van der Waals surface area contributed by atoms with Crippen molar-refractivity contribution < 1.29 is 9.59 Å². The number of carbonyl (C=O) groups is 2. The molecule has 1 N–H and O–H groups in total. The zero-order chi connectivity index (χ0) is 20.3. The lowest BCUT2D eigenvalue weighted by molar-refractivity contribution is -0.142. The van der Waals surface area contributed by atoms with E-state index in [1.807, 2.05) is 24.0 Å². The highest BCUT2D eigenvalue weighted by molar-refractivity contribution is 5.86. The van der Waals surface area contributed by atoms with Crippen molar-refractivity contribution in [3.05, 3.63) is 48.5 Å². The third-order valence-electron chi connectivity index (χ3n) is 6.05. The van der Waals surface area contributed by atoms with Crippen LogP contribution < -0.4 is 5.32 Å². The average Bonchev–Trinajstić information content (AvgIpc) is 3.60. The number of rotatable bonds is 6. The largest absolute Gasteiger partial charge is 0.356 e. The van der Waals surface area contributed by atoms with Crippen LogP contribution in [0.25, 0.3) is 11.1 Å². The van der Waals surface area contributed by atoms with E-state index < -0.39 is 5.41 Å². The second kappa shape index (κ2) is 8.31. The van der Waals surface area contributed by atoms with Crippen LogP contribution in [-0.2, 0) is 16.0 Å². The summed E-state index contributed by atoms with van der Waals surface area (Å²) in [5, 5.41) is 3.04. The number of hydrogen-bond acceptors (Lipinski definition) is 4. The molecule has 29 heavy (non-hydrogen) atoms. The van der Waals surface area contributed by atoms with E-state index in [0.29, 0.717) is 19.5 Å². The van der Waals surface area contributed by atoms with E-state index >= 15 is 0 Å². The first-order valence-electron chi connectivity index (χ1n) is 10.5. The molecule has 6 heteroatoms. The lowest BCUT2D eigenvalue weighted by Gasteiger charge is -2.42. The number of piperidine rings is 1. The van der Waals surface area contributed by atoms with Gasteiger partial charge < -0.3 is 10.2 Å². The maximum Gasteiger partial charge on any atom is 0.228 e. The minimum absolute atomic E-state index is 0.0485. The lowest BCUT2D eigenvalue weighted by atomic mass is 9.73. The summed E-state index contributed by atoms with van der Waals surface area (Å²) in [4.78, 5) is 36.2. The standard InChI is InChI=1S/C23H28N4O2/c1-2-26-22(29)23(10-5-11-27(15-23)21(28)17-8-9-17)12-18-6-3-4-7-20(18)19-13-24-16-25-14-19/h3-4,6-7,13-14,16-17H,2,5,8-12,15H2,1H3,(H,26,29)/t23-/m0/s1. The van der Waals surface area contributed by atoms with Crippen LogP contribution in [0.5, 0.6) is 0 Å². The summed E-state index contributed by atoms with van der Waals surface area (Å²) in [5.41, 5.74) is 2.47. The molecule has 2 aromatic rings. The van der Waals surface area contributed by atoms with E-state index in [0.717, 1.165) is 48.9 Å². The van der Waals surface area contributed by atoms with E-state index in [1.165, 1.54) is 6.33 Å². The molecule has 4 rings (SSSR count). The third kappa shape index (κ3) is 4.16. The average molecular weight is 393 g/mol. The first-order valence-corrected chi connectivity index (χ1v) is 10.5. The van der Waals surface area contributed by atoms with Crippen LogP contribution in [0.4, 0.5) is 0 Å². The van der Waals surface area contributed by atoms with Gasteiger partial charge in [0.2, 0.25) is 11.8 Å². The van der Waals surface area contributed by atoms with Gasteiger partial charge in [0.15, 0.2) is 0 Å². The van der Waals surface area contributed by atoms with Crippen molar-refractivity contribution in [2.75, 3.05) is 19.6 Å². The molecule has 152 valence electrons. The van der Waals surface area contributed by atoms with Gasteiger partial charge in [-0.3, -0.25) is 9.59 Å². The fourth-order valence-electron chi connectivity index (χ4n) is 4.43. The molecule has 2 aliphatic rings. The number of nitrogens with one attached hydrogen (secondary N) is 1. The molecular formula is C23H28N4O2. The van der Waals surface area contributed by atoms with Crippen LogP contribution >= 0.6 is 0 Å². The van der Waals surface area contributed by atoms with Crippen LogP contribution in [0.3, 0.4) is 0 Å². The summed E-state index contributed by atoms with van der Waals surface area (Å²) in [5.74, 6) is 0.448. The molecule has 2 fully saturated rings. The molecule has 1 aromatic heterocycles. The van der Waals surface area contributed by atoms with Gasteiger partial charge in [-0.2, -0.15) is 0 Å². The number of benzene rings is 1. The molecular weight excluding hydrogens is 364 g/mol. The van der Waals surface area contributed by atoms with Gasteiger partial charge in [-0.25, -0.2) is 9.97 Å². The number of amides is 2. The van der Waals surface area contributed by atoms with Gasteiger partial charge >= 0.3 is 0 Å². The Hall–Kier alpha value is -2.76. The second-order valence-corrected chi connectivity index (χ2v) is 8.24. The van der Waals surface area contributed by atoms with E-state index in [2.05, 4.69) is 27.4 Å². The monoisotopic (exact) mass is 392 g/mol. The minimum atomic E-state index is -0.607. The van der Waals surface area contributed by atoms with Gasteiger partial charge in [0.05, 0.1) is 5.41 Å². The molecule has 2 heterocycles. The van der Waals surface area contributed by atoms with E-state index in [4.69, 9.17) is 0 Å². The normalized spacial score (nSPS) is 21.6. The predicted molar refractivity (Wildman–Crippen MR) is 111 cm³/mol. The maximum absolute atomic E-state index is 13.3. The van der Waals surface area contributed by atoms with Crippen LogP contribution in [0.15, 0.2) is 43.0 Å². The summed E-state index contributed by atoms with van der Waals surface area (Å²) in [7, 11) is 0. The number of carbonyl (C=O) groups excluding carboxylic acids is 2. The maximum atomic E-state index is 13.3. The molecule has 0 bridgehead atoms. The number of nitrogens with zero attached hydrogens (tertiary/aromatic N) is 3. The third-order valence-corrected chi connectivity index (χ3v) is 6.05. The molecule has 1 aliphatic heterocycles. The molecule has 1 aliphatic carbocycles. The van der Waals surface area contributed by atoms with E-state index in [9.17, 15) is 9.59 Å². The SMILES string of the molecule is CCNC(=O)[C@]1(Cc2ccccc2-c2cncnc2)CCCN(C(=O)C2CC2)C1. The fourth-order valence-corrected chi connectivity index (χ4v) is 4.43. The Morgan fingerprint density at radius 1 is 1.21 bits per heavy atom. The Balaban J connectivity index is 1.67. The fraction of sp³-hybridized carbons (Fsp3) is 0.478. The van der Waals surface area contributed by atoms with Crippen molar-refractivity contribution in [3.63, 3.8) is 0 Å². The van der Waals surface area contributed by atoms with Crippen LogP contribution in [-0.4, -0.2) is 46.3 Å². The number of aromatic nitrogens is 2. The molecule has 0 spiro atoms. The van der Waals surface area contributed by atoms with Gasteiger partial charge in [0.1, 0.15) is 6.33 Å². The highest BCUT2D eigenvalue weighted by atomic mass is 16.2.